The van der Waals surface area contributed by atoms with Crippen molar-refractivity contribution in [2.24, 2.45) is 11.1 Å². The zero-order valence-corrected chi connectivity index (χ0v) is 13.1. The number of unbranched alkanes of at least 4 members (excludes halogenated alkanes) is 1. The standard InChI is InChI=1S/C14H27N3O4/c1-4-7-8-10(17-13(15)21)11(18)16-9-14(5-2,6-3)12(19)20/h10H,4-9H2,1-3H3,(H,16,18)(H,19,20)(H3,15,17,21). The molecular weight excluding hydrogens is 274 g/mol. The second-order valence-corrected chi connectivity index (χ2v) is 5.21. The molecule has 0 rings (SSSR count). The Morgan fingerprint density at radius 3 is 2.14 bits per heavy atom. The van der Waals surface area contributed by atoms with Crippen molar-refractivity contribution in [3.05, 3.63) is 0 Å². The van der Waals surface area contributed by atoms with Crippen LogP contribution in [0.5, 0.6) is 0 Å². The molecule has 0 fully saturated rings. The number of primary amides is 1. The molecule has 0 aromatic heterocycles. The Balaban J connectivity index is 4.73. The summed E-state index contributed by atoms with van der Waals surface area (Å²) in [5.41, 5.74) is 4.09. The van der Waals surface area contributed by atoms with E-state index in [9.17, 15) is 19.5 Å². The molecule has 0 saturated carbocycles. The van der Waals surface area contributed by atoms with E-state index in [2.05, 4.69) is 10.6 Å². The third-order valence-electron chi connectivity index (χ3n) is 3.89. The van der Waals surface area contributed by atoms with E-state index in [1.807, 2.05) is 6.92 Å². The quantitative estimate of drug-likeness (QED) is 0.484. The van der Waals surface area contributed by atoms with E-state index < -0.39 is 29.4 Å². The first-order valence-corrected chi connectivity index (χ1v) is 7.40. The number of aliphatic carboxylic acids is 1. The molecule has 7 heteroatoms. The fourth-order valence-electron chi connectivity index (χ4n) is 2.11. The first kappa shape index (κ1) is 19.2. The van der Waals surface area contributed by atoms with Gasteiger partial charge in [0.15, 0.2) is 0 Å². The van der Waals surface area contributed by atoms with Gasteiger partial charge in [-0.05, 0) is 19.3 Å². The molecule has 0 heterocycles. The van der Waals surface area contributed by atoms with Crippen LogP contribution in [0.3, 0.4) is 0 Å². The largest absolute Gasteiger partial charge is 0.481 e. The summed E-state index contributed by atoms with van der Waals surface area (Å²) in [4.78, 5) is 34.4. The molecule has 5 N–H and O–H groups in total. The summed E-state index contributed by atoms with van der Waals surface area (Å²) in [5, 5.41) is 14.3. The minimum atomic E-state index is -0.975. The van der Waals surface area contributed by atoms with Crippen LogP contribution < -0.4 is 16.4 Å². The van der Waals surface area contributed by atoms with Gasteiger partial charge in [0.25, 0.3) is 0 Å². The minimum absolute atomic E-state index is 0.0389. The van der Waals surface area contributed by atoms with Gasteiger partial charge >= 0.3 is 12.0 Å². The number of carboxylic acids is 1. The number of amides is 3. The molecule has 0 aromatic rings. The second kappa shape index (κ2) is 9.20. The molecule has 122 valence electrons. The first-order valence-electron chi connectivity index (χ1n) is 7.40. The number of hydrogen-bond acceptors (Lipinski definition) is 3. The molecule has 0 bridgehead atoms. The van der Waals surface area contributed by atoms with Crippen molar-refractivity contribution >= 4 is 17.9 Å². The Hall–Kier alpha value is -1.79. The lowest BCUT2D eigenvalue weighted by Gasteiger charge is -2.28. The summed E-state index contributed by atoms with van der Waals surface area (Å²) >= 11 is 0. The van der Waals surface area contributed by atoms with E-state index in [0.717, 1.165) is 12.8 Å². The summed E-state index contributed by atoms with van der Waals surface area (Å²) in [6.45, 7) is 5.57. The highest BCUT2D eigenvalue weighted by Crippen LogP contribution is 2.25. The number of urea groups is 1. The van der Waals surface area contributed by atoms with Crippen LogP contribution in [0.25, 0.3) is 0 Å². The van der Waals surface area contributed by atoms with E-state index in [4.69, 9.17) is 5.73 Å². The Labute approximate surface area is 125 Å². The van der Waals surface area contributed by atoms with E-state index in [-0.39, 0.29) is 6.54 Å². The van der Waals surface area contributed by atoms with Crippen LogP contribution in [0.1, 0.15) is 52.9 Å². The lowest BCUT2D eigenvalue weighted by atomic mass is 9.82. The van der Waals surface area contributed by atoms with Crippen molar-refractivity contribution in [1.82, 2.24) is 10.6 Å². The Morgan fingerprint density at radius 1 is 1.19 bits per heavy atom. The summed E-state index contributed by atoms with van der Waals surface area (Å²) in [5.74, 6) is -1.32. The smallest absolute Gasteiger partial charge is 0.312 e. The maximum absolute atomic E-state index is 12.1. The molecule has 0 aliphatic rings. The first-order chi connectivity index (χ1) is 9.82. The Morgan fingerprint density at radius 2 is 1.76 bits per heavy atom. The third-order valence-corrected chi connectivity index (χ3v) is 3.89. The predicted octanol–water partition coefficient (Wildman–Crippen LogP) is 1.22. The molecule has 7 nitrogen and oxygen atoms in total. The van der Waals surface area contributed by atoms with Crippen LogP contribution in [-0.4, -0.2) is 35.6 Å². The maximum Gasteiger partial charge on any atom is 0.312 e. The Bertz CT molecular complexity index is 367. The Kier molecular flexibility index (Phi) is 8.42. The molecule has 0 saturated heterocycles. The normalized spacial score (nSPS) is 12.5. The molecule has 0 aromatic carbocycles. The SMILES string of the molecule is CCCCC(NC(N)=O)C(=O)NCC(CC)(CC)C(=O)O. The van der Waals surface area contributed by atoms with Crippen LogP contribution in [0, 0.1) is 5.41 Å². The fourth-order valence-corrected chi connectivity index (χ4v) is 2.11. The van der Waals surface area contributed by atoms with Crippen LogP contribution >= 0.6 is 0 Å². The molecular formula is C14H27N3O4. The van der Waals surface area contributed by atoms with Gasteiger partial charge in [-0.1, -0.05) is 33.6 Å². The van der Waals surface area contributed by atoms with Gasteiger partial charge in [0.1, 0.15) is 6.04 Å². The molecule has 21 heavy (non-hydrogen) atoms. The summed E-state index contributed by atoms with van der Waals surface area (Å²) < 4.78 is 0. The number of nitrogens with two attached hydrogens (primary N) is 1. The molecule has 0 aliphatic heterocycles. The number of carbonyl (C=O) groups is 3. The number of carboxylic acid groups (broad SMARTS) is 1. The molecule has 1 unspecified atom stereocenters. The number of carbonyl (C=O) groups excluding carboxylic acids is 2. The van der Waals surface area contributed by atoms with Crippen molar-refractivity contribution in [2.75, 3.05) is 6.54 Å². The fraction of sp³-hybridized carbons (Fsp3) is 0.786. The van der Waals surface area contributed by atoms with E-state index >= 15 is 0 Å². The number of nitrogens with one attached hydrogen (secondary N) is 2. The third kappa shape index (κ3) is 6.01. The van der Waals surface area contributed by atoms with Gasteiger partial charge in [-0.25, -0.2) is 4.79 Å². The lowest BCUT2D eigenvalue weighted by molar-refractivity contribution is -0.149. The molecule has 0 aliphatic carbocycles. The van der Waals surface area contributed by atoms with Crippen molar-refractivity contribution < 1.29 is 19.5 Å². The van der Waals surface area contributed by atoms with Crippen molar-refractivity contribution in [2.45, 2.75) is 58.9 Å². The molecule has 0 spiro atoms. The van der Waals surface area contributed by atoms with Crippen molar-refractivity contribution in [1.29, 1.82) is 0 Å². The highest BCUT2D eigenvalue weighted by atomic mass is 16.4. The minimum Gasteiger partial charge on any atom is -0.481 e. The van der Waals surface area contributed by atoms with Crippen LogP contribution in [0.4, 0.5) is 4.79 Å². The zero-order valence-electron chi connectivity index (χ0n) is 13.1. The van der Waals surface area contributed by atoms with Gasteiger partial charge in [0.05, 0.1) is 5.41 Å². The average molecular weight is 301 g/mol. The van der Waals surface area contributed by atoms with E-state index in [1.165, 1.54) is 0 Å². The number of rotatable bonds is 10. The van der Waals surface area contributed by atoms with Crippen LogP contribution in [0.15, 0.2) is 0 Å². The molecule has 3 amide bonds. The average Bonchev–Trinajstić information content (AvgIpc) is 2.44. The topological polar surface area (TPSA) is 122 Å². The van der Waals surface area contributed by atoms with Gasteiger partial charge in [-0.3, -0.25) is 9.59 Å². The van der Waals surface area contributed by atoms with Gasteiger partial charge in [0, 0.05) is 6.54 Å². The number of hydrogen-bond donors (Lipinski definition) is 4. The van der Waals surface area contributed by atoms with Crippen LogP contribution in [0.2, 0.25) is 0 Å². The van der Waals surface area contributed by atoms with Crippen molar-refractivity contribution in [3.63, 3.8) is 0 Å². The maximum atomic E-state index is 12.1. The monoisotopic (exact) mass is 301 g/mol. The molecule has 0 radical (unpaired) electrons. The summed E-state index contributed by atoms with van der Waals surface area (Å²) in [7, 11) is 0. The summed E-state index contributed by atoms with van der Waals surface area (Å²) in [6, 6.07) is -1.48. The second-order valence-electron chi connectivity index (χ2n) is 5.21. The van der Waals surface area contributed by atoms with Crippen molar-refractivity contribution in [3.8, 4) is 0 Å². The van der Waals surface area contributed by atoms with E-state index in [1.54, 1.807) is 13.8 Å². The summed E-state index contributed by atoms with van der Waals surface area (Å²) in [6.07, 6.45) is 2.96. The highest BCUT2D eigenvalue weighted by molar-refractivity contribution is 5.87. The van der Waals surface area contributed by atoms with Crippen LogP contribution in [-0.2, 0) is 9.59 Å². The van der Waals surface area contributed by atoms with Gasteiger partial charge in [0.2, 0.25) is 5.91 Å². The van der Waals surface area contributed by atoms with Gasteiger partial charge in [-0.2, -0.15) is 0 Å². The van der Waals surface area contributed by atoms with Gasteiger partial charge in [-0.15, -0.1) is 0 Å². The highest BCUT2D eigenvalue weighted by Gasteiger charge is 2.35. The molecule has 1 atom stereocenters. The predicted molar refractivity (Wildman–Crippen MR) is 79.7 cm³/mol. The lowest BCUT2D eigenvalue weighted by Crippen LogP contribution is -2.51. The van der Waals surface area contributed by atoms with E-state index in [0.29, 0.717) is 19.3 Å². The zero-order chi connectivity index (χ0) is 16.5. The van der Waals surface area contributed by atoms with Gasteiger partial charge < -0.3 is 21.5 Å².